The van der Waals surface area contributed by atoms with Crippen molar-refractivity contribution in [3.8, 4) is 5.75 Å². The van der Waals surface area contributed by atoms with E-state index in [4.69, 9.17) is 4.74 Å². The van der Waals surface area contributed by atoms with Crippen LogP contribution in [0, 0.1) is 11.8 Å². The summed E-state index contributed by atoms with van der Waals surface area (Å²) in [7, 11) is 0. The molecule has 0 saturated heterocycles. The number of ether oxygens (including phenoxy) is 1. The van der Waals surface area contributed by atoms with Crippen LogP contribution in [-0.2, 0) is 6.42 Å². The molecule has 0 aromatic heterocycles. The quantitative estimate of drug-likeness (QED) is 0.875. The molecule has 2 heteroatoms. The second-order valence-corrected chi connectivity index (χ2v) is 6.08. The Morgan fingerprint density at radius 2 is 2.16 bits per heavy atom. The lowest BCUT2D eigenvalue weighted by Crippen LogP contribution is -2.43. The average molecular weight is 259 g/mol. The summed E-state index contributed by atoms with van der Waals surface area (Å²) in [5.41, 5.74) is 1.38. The standard InChI is InChI=1S/C17H25NO/c1-2-18-16(10-13-6-5-7-13)15-11-14-8-3-4-9-17(14)19-12-15/h3-4,8-9,13,15-16,18H,2,5-7,10-12H2,1H3. The molecule has 104 valence electrons. The van der Waals surface area contributed by atoms with Crippen LogP contribution in [0.3, 0.4) is 0 Å². The fourth-order valence-electron chi connectivity index (χ4n) is 3.40. The number of fused-ring (bicyclic) bond motifs is 1. The van der Waals surface area contributed by atoms with Gasteiger partial charge in [0.1, 0.15) is 5.75 Å². The van der Waals surface area contributed by atoms with Gasteiger partial charge in [-0.3, -0.25) is 0 Å². The second-order valence-electron chi connectivity index (χ2n) is 6.08. The van der Waals surface area contributed by atoms with Crippen molar-refractivity contribution in [2.24, 2.45) is 11.8 Å². The molecule has 0 spiro atoms. The van der Waals surface area contributed by atoms with Crippen LogP contribution in [-0.4, -0.2) is 19.2 Å². The maximum atomic E-state index is 5.96. The van der Waals surface area contributed by atoms with Crippen molar-refractivity contribution in [2.45, 2.75) is 45.1 Å². The zero-order chi connectivity index (χ0) is 13.1. The van der Waals surface area contributed by atoms with Gasteiger partial charge in [-0.1, -0.05) is 44.4 Å². The van der Waals surface area contributed by atoms with Gasteiger partial charge in [0.05, 0.1) is 6.61 Å². The van der Waals surface area contributed by atoms with Gasteiger partial charge in [-0.15, -0.1) is 0 Å². The molecule has 19 heavy (non-hydrogen) atoms. The van der Waals surface area contributed by atoms with Gasteiger partial charge in [-0.2, -0.15) is 0 Å². The van der Waals surface area contributed by atoms with E-state index in [-0.39, 0.29) is 0 Å². The Kier molecular flexibility index (Phi) is 4.07. The third-order valence-electron chi connectivity index (χ3n) is 4.75. The first-order valence-corrected chi connectivity index (χ1v) is 7.81. The zero-order valence-corrected chi connectivity index (χ0v) is 11.9. The van der Waals surface area contributed by atoms with Crippen LogP contribution in [0.5, 0.6) is 5.75 Å². The van der Waals surface area contributed by atoms with Gasteiger partial charge in [-0.05, 0) is 36.9 Å². The minimum absolute atomic E-state index is 0.628. The second kappa shape index (κ2) is 5.96. The van der Waals surface area contributed by atoms with Crippen molar-refractivity contribution in [3.63, 3.8) is 0 Å². The lowest BCUT2D eigenvalue weighted by Gasteiger charge is -2.36. The highest BCUT2D eigenvalue weighted by Gasteiger charge is 2.30. The Balaban J connectivity index is 1.66. The van der Waals surface area contributed by atoms with E-state index >= 15 is 0 Å². The lowest BCUT2D eigenvalue weighted by atomic mass is 9.77. The van der Waals surface area contributed by atoms with Crippen LogP contribution in [0.2, 0.25) is 0 Å². The Hall–Kier alpha value is -1.02. The summed E-state index contributed by atoms with van der Waals surface area (Å²) in [5.74, 6) is 2.69. The van der Waals surface area contributed by atoms with E-state index < -0.39 is 0 Å². The average Bonchev–Trinajstić information content (AvgIpc) is 2.41. The van der Waals surface area contributed by atoms with Gasteiger partial charge in [0, 0.05) is 12.0 Å². The molecule has 1 aliphatic carbocycles. The molecule has 1 fully saturated rings. The van der Waals surface area contributed by atoms with Crippen molar-refractivity contribution >= 4 is 0 Å². The summed E-state index contributed by atoms with van der Waals surface area (Å²) < 4.78 is 5.96. The molecule has 3 rings (SSSR count). The highest BCUT2D eigenvalue weighted by molar-refractivity contribution is 5.35. The fraction of sp³-hybridized carbons (Fsp3) is 0.647. The molecule has 2 nitrogen and oxygen atoms in total. The molecular weight excluding hydrogens is 234 g/mol. The number of hydrogen-bond acceptors (Lipinski definition) is 2. The maximum absolute atomic E-state index is 5.96. The SMILES string of the molecule is CCNC(CC1CCC1)C1COc2ccccc2C1. The minimum atomic E-state index is 0.628. The van der Waals surface area contributed by atoms with Crippen molar-refractivity contribution in [3.05, 3.63) is 29.8 Å². The van der Waals surface area contributed by atoms with Crippen LogP contribution in [0.4, 0.5) is 0 Å². The van der Waals surface area contributed by atoms with Gasteiger partial charge in [0.25, 0.3) is 0 Å². The van der Waals surface area contributed by atoms with Crippen molar-refractivity contribution < 1.29 is 4.74 Å². The first-order valence-electron chi connectivity index (χ1n) is 7.81. The highest BCUT2D eigenvalue weighted by atomic mass is 16.5. The molecule has 2 aliphatic rings. The predicted molar refractivity (Wildman–Crippen MR) is 78.6 cm³/mol. The monoisotopic (exact) mass is 259 g/mol. The molecule has 1 heterocycles. The summed E-state index contributed by atoms with van der Waals surface area (Å²) in [5, 5.41) is 3.70. The molecule has 1 aromatic rings. The first kappa shape index (κ1) is 13.0. The van der Waals surface area contributed by atoms with E-state index in [1.165, 1.54) is 37.7 Å². The van der Waals surface area contributed by atoms with Crippen LogP contribution >= 0.6 is 0 Å². The van der Waals surface area contributed by atoms with Crippen LogP contribution in [0.15, 0.2) is 24.3 Å². The first-order chi connectivity index (χ1) is 9.36. The maximum Gasteiger partial charge on any atom is 0.122 e. The Bertz CT molecular complexity index is 413. The normalized spacial score (nSPS) is 24.2. The van der Waals surface area contributed by atoms with Crippen molar-refractivity contribution in [1.29, 1.82) is 0 Å². The van der Waals surface area contributed by atoms with Crippen LogP contribution < -0.4 is 10.1 Å². The Labute approximate surface area is 116 Å². The van der Waals surface area contributed by atoms with E-state index in [0.717, 1.165) is 24.8 Å². The van der Waals surface area contributed by atoms with Crippen molar-refractivity contribution in [1.82, 2.24) is 5.32 Å². The molecule has 0 radical (unpaired) electrons. The van der Waals surface area contributed by atoms with Gasteiger partial charge in [0.15, 0.2) is 0 Å². The van der Waals surface area contributed by atoms with Crippen LogP contribution in [0.1, 0.15) is 38.2 Å². The topological polar surface area (TPSA) is 21.3 Å². The largest absolute Gasteiger partial charge is 0.493 e. The fourth-order valence-corrected chi connectivity index (χ4v) is 3.40. The molecular formula is C17H25NO. The molecule has 1 aliphatic heterocycles. The van der Waals surface area contributed by atoms with Gasteiger partial charge >= 0.3 is 0 Å². The number of para-hydroxylation sites is 1. The summed E-state index contributed by atoms with van der Waals surface area (Å²) in [6.45, 7) is 4.16. The number of rotatable bonds is 5. The molecule has 2 unspecified atom stereocenters. The Morgan fingerprint density at radius 3 is 2.89 bits per heavy atom. The zero-order valence-electron chi connectivity index (χ0n) is 11.9. The smallest absolute Gasteiger partial charge is 0.122 e. The number of nitrogens with one attached hydrogen (secondary N) is 1. The summed E-state index contributed by atoms with van der Waals surface area (Å²) in [6.07, 6.45) is 6.82. The highest BCUT2D eigenvalue weighted by Crippen LogP contribution is 2.35. The molecule has 1 N–H and O–H groups in total. The predicted octanol–water partition coefficient (Wildman–Crippen LogP) is 3.41. The van der Waals surface area contributed by atoms with E-state index in [9.17, 15) is 0 Å². The summed E-state index contributed by atoms with van der Waals surface area (Å²) >= 11 is 0. The number of hydrogen-bond donors (Lipinski definition) is 1. The summed E-state index contributed by atoms with van der Waals surface area (Å²) in [4.78, 5) is 0. The number of benzene rings is 1. The molecule has 1 saturated carbocycles. The third kappa shape index (κ3) is 2.94. The Morgan fingerprint density at radius 1 is 1.32 bits per heavy atom. The molecule has 1 aromatic carbocycles. The van der Waals surface area contributed by atoms with E-state index in [2.05, 4.69) is 36.5 Å². The molecule has 0 amide bonds. The van der Waals surface area contributed by atoms with Gasteiger partial charge in [-0.25, -0.2) is 0 Å². The van der Waals surface area contributed by atoms with E-state index in [1.54, 1.807) is 0 Å². The molecule has 0 bridgehead atoms. The van der Waals surface area contributed by atoms with Gasteiger partial charge in [0.2, 0.25) is 0 Å². The summed E-state index contributed by atoms with van der Waals surface area (Å²) in [6, 6.07) is 9.13. The molecule has 2 atom stereocenters. The third-order valence-corrected chi connectivity index (χ3v) is 4.75. The minimum Gasteiger partial charge on any atom is -0.493 e. The van der Waals surface area contributed by atoms with Crippen molar-refractivity contribution in [2.75, 3.05) is 13.2 Å². The lowest BCUT2D eigenvalue weighted by molar-refractivity contribution is 0.153. The van der Waals surface area contributed by atoms with Crippen LogP contribution in [0.25, 0.3) is 0 Å². The van der Waals surface area contributed by atoms with E-state index in [1.807, 2.05) is 0 Å². The van der Waals surface area contributed by atoms with Gasteiger partial charge < -0.3 is 10.1 Å². The van der Waals surface area contributed by atoms with E-state index in [0.29, 0.717) is 12.0 Å².